The van der Waals surface area contributed by atoms with Crippen LogP contribution in [-0.4, -0.2) is 11.2 Å². The summed E-state index contributed by atoms with van der Waals surface area (Å²) < 4.78 is 14.6. The van der Waals surface area contributed by atoms with Gasteiger partial charge in [-0.25, -0.2) is 0 Å². The van der Waals surface area contributed by atoms with E-state index in [-0.39, 0.29) is 17.0 Å². The number of hydrogen-bond donors (Lipinski definition) is 0. The Labute approximate surface area is 85.1 Å². The minimum atomic E-state index is -0.703. The molecule has 0 bridgehead atoms. The molecule has 0 spiro atoms. The quantitative estimate of drug-likeness (QED) is 0.339. The Balaban J connectivity index is 3.23. The monoisotopic (exact) mass is 225 g/mol. The van der Waals surface area contributed by atoms with Crippen molar-refractivity contribution < 1.29 is 19.0 Å². The van der Waals surface area contributed by atoms with Gasteiger partial charge in [-0.15, -0.1) is 0 Å². The van der Waals surface area contributed by atoms with Crippen molar-refractivity contribution in [3.63, 3.8) is 0 Å². The van der Waals surface area contributed by atoms with Gasteiger partial charge in [0.05, 0.1) is 0 Å². The molecule has 0 N–H and O–H groups in total. The molecule has 15 heavy (non-hydrogen) atoms. The molecule has 0 atom stereocenters. The predicted octanol–water partition coefficient (Wildman–Crippen LogP) is 1.99. The second-order valence-electron chi connectivity index (χ2n) is 2.39. The number of rotatable bonds is 3. The van der Waals surface area contributed by atoms with Crippen molar-refractivity contribution in [3.05, 3.63) is 33.9 Å². The molecule has 0 radical (unpaired) electrons. The number of hydrogen-bond acceptors (Lipinski definition) is 5. The molecule has 0 aromatic heterocycles. The van der Waals surface area contributed by atoms with Crippen molar-refractivity contribution in [2.75, 3.05) is 0 Å². The molecule has 0 aliphatic heterocycles. The maximum atomic E-state index is 10.6. The summed E-state index contributed by atoms with van der Waals surface area (Å²) in [6, 6.07) is 3.64. The van der Waals surface area contributed by atoms with Gasteiger partial charge in [0.15, 0.2) is 0 Å². The minimum absolute atomic E-state index is 0.117. The van der Waals surface area contributed by atoms with Gasteiger partial charge in [0.25, 0.3) is 0 Å². The summed E-state index contributed by atoms with van der Waals surface area (Å²) >= 11 is 0. The van der Waals surface area contributed by atoms with Crippen molar-refractivity contribution in [3.8, 4) is 11.6 Å². The van der Waals surface area contributed by atoms with E-state index in [4.69, 9.17) is 0 Å². The molecule has 0 saturated heterocycles. The third kappa shape index (κ3) is 2.77. The Bertz CT molecular complexity index is 507. The van der Waals surface area contributed by atoms with Gasteiger partial charge in [-0.2, -0.15) is 0 Å². The van der Waals surface area contributed by atoms with Gasteiger partial charge in [-0.1, -0.05) is 0 Å². The maximum absolute atomic E-state index is 10.6. The van der Waals surface area contributed by atoms with Crippen LogP contribution in [0.3, 0.4) is 0 Å². The number of nitrogens with zero attached hydrogens (tertiary/aromatic N) is 1. The molecule has 76 valence electrons. The second kappa shape index (κ2) is 5.10. The standard InChI is InChI=1S/C8H4NO5P/c10-4-6-1-2-8(14-5-15-13)7(3-6)9(11)12/h1-4H. The van der Waals surface area contributed by atoms with Crippen LogP contribution in [-0.2, 0) is 4.57 Å². The molecule has 0 aliphatic carbocycles. The molecule has 0 unspecified atom stereocenters. The molecule has 6 nitrogen and oxygen atoms in total. The molecule has 0 amide bonds. The van der Waals surface area contributed by atoms with Crippen molar-refractivity contribution in [1.82, 2.24) is 0 Å². The fourth-order valence-corrected chi connectivity index (χ4v) is 1.04. The van der Waals surface area contributed by atoms with Crippen LogP contribution in [0.15, 0.2) is 18.2 Å². The van der Waals surface area contributed by atoms with Gasteiger partial charge in [0.1, 0.15) is 0 Å². The van der Waals surface area contributed by atoms with Crippen LogP contribution in [0, 0.1) is 15.9 Å². The number of ether oxygens (including phenoxy) is 1. The summed E-state index contributed by atoms with van der Waals surface area (Å²) in [6.07, 6.45) is 0.482. The third-order valence-corrected chi connectivity index (χ3v) is 1.67. The van der Waals surface area contributed by atoms with Crippen molar-refractivity contribution in [2.45, 2.75) is 0 Å². The number of benzene rings is 1. The van der Waals surface area contributed by atoms with E-state index in [0.717, 1.165) is 6.07 Å². The molecule has 7 heteroatoms. The van der Waals surface area contributed by atoms with Crippen LogP contribution >= 0.6 is 7.92 Å². The zero-order chi connectivity index (χ0) is 11.3. The van der Waals surface area contributed by atoms with Crippen LogP contribution < -0.4 is 4.74 Å². The van der Waals surface area contributed by atoms with Gasteiger partial charge in [-0.3, -0.25) is 0 Å². The van der Waals surface area contributed by atoms with E-state index in [0.29, 0.717) is 6.29 Å². The summed E-state index contributed by atoms with van der Waals surface area (Å²) in [6.45, 7) is 0. The number of aldehydes is 1. The van der Waals surface area contributed by atoms with E-state index in [1.165, 1.54) is 12.1 Å². The average Bonchev–Trinajstić information content (AvgIpc) is 2.26. The van der Waals surface area contributed by atoms with Gasteiger partial charge in [-0.05, 0) is 0 Å². The Morgan fingerprint density at radius 2 is 2.27 bits per heavy atom. The zero-order valence-corrected chi connectivity index (χ0v) is 8.14. The van der Waals surface area contributed by atoms with Crippen LogP contribution in [0.2, 0.25) is 0 Å². The molecule has 0 heterocycles. The SMILES string of the molecule is O=Cc1ccc(OC#P=O)c([N+](=O)[O-])c1. The van der Waals surface area contributed by atoms with Crippen molar-refractivity contribution in [1.29, 1.82) is 0 Å². The summed E-state index contributed by atoms with van der Waals surface area (Å²) in [4.78, 5) is 20.2. The first kappa shape index (κ1) is 11.2. The topological polar surface area (TPSA) is 86.5 Å². The average molecular weight is 225 g/mol. The Morgan fingerprint density at radius 1 is 1.53 bits per heavy atom. The second-order valence-corrected chi connectivity index (χ2v) is 2.75. The van der Waals surface area contributed by atoms with Crippen LogP contribution in [0.5, 0.6) is 5.75 Å². The van der Waals surface area contributed by atoms with Crippen LogP contribution in [0.1, 0.15) is 10.4 Å². The first-order chi connectivity index (χ1) is 7.19. The van der Waals surface area contributed by atoms with E-state index < -0.39 is 12.8 Å². The molecule has 0 saturated carbocycles. The number of nitro benzene ring substituents is 1. The molecular formula is C8H4NO5P. The van der Waals surface area contributed by atoms with E-state index in [1.54, 1.807) is 0 Å². The van der Waals surface area contributed by atoms with E-state index in [1.807, 2.05) is 5.81 Å². The van der Waals surface area contributed by atoms with E-state index >= 15 is 0 Å². The predicted molar refractivity (Wildman–Crippen MR) is 50.6 cm³/mol. The fourth-order valence-electron chi connectivity index (χ4n) is 0.904. The molecule has 0 aliphatic rings. The van der Waals surface area contributed by atoms with Gasteiger partial charge >= 0.3 is 84.3 Å². The molecular weight excluding hydrogens is 221 g/mol. The molecule has 1 rings (SSSR count). The summed E-state index contributed by atoms with van der Waals surface area (Å²) in [5.74, 6) is 1.80. The van der Waals surface area contributed by atoms with Crippen molar-refractivity contribution in [2.24, 2.45) is 0 Å². The van der Waals surface area contributed by atoms with Crippen LogP contribution in [0.25, 0.3) is 0 Å². The summed E-state index contributed by atoms with van der Waals surface area (Å²) in [5.41, 5.74) is -0.218. The molecule has 1 aromatic carbocycles. The van der Waals surface area contributed by atoms with Gasteiger partial charge < -0.3 is 0 Å². The third-order valence-electron chi connectivity index (χ3n) is 1.51. The van der Waals surface area contributed by atoms with Gasteiger partial charge in [0.2, 0.25) is 0 Å². The number of carbonyl (C=O) groups is 1. The first-order valence-electron chi connectivity index (χ1n) is 3.67. The van der Waals surface area contributed by atoms with E-state index in [2.05, 4.69) is 4.74 Å². The van der Waals surface area contributed by atoms with Crippen LogP contribution in [0.4, 0.5) is 5.69 Å². The van der Waals surface area contributed by atoms with Gasteiger partial charge in [0, 0.05) is 0 Å². The zero-order valence-electron chi connectivity index (χ0n) is 7.25. The summed E-state index contributed by atoms with van der Waals surface area (Å²) in [5, 5.41) is 10.6. The first-order valence-corrected chi connectivity index (χ1v) is 4.48. The molecule has 1 aromatic rings. The Kier molecular flexibility index (Phi) is 3.80. The normalized spacial score (nSPS) is 8.80. The summed E-state index contributed by atoms with van der Waals surface area (Å²) in [7, 11) is -0.516. The Morgan fingerprint density at radius 3 is 2.80 bits per heavy atom. The fraction of sp³-hybridized carbons (Fsp3) is 0. The number of nitro groups is 1. The van der Waals surface area contributed by atoms with Crippen molar-refractivity contribution >= 4 is 19.9 Å². The van der Waals surface area contributed by atoms with E-state index in [9.17, 15) is 19.5 Å². The Hall–Kier alpha value is -1.90. The number of carbonyl (C=O) groups excluding carboxylic acids is 1. The molecule has 0 fully saturated rings.